The molecule has 0 spiro atoms. The Hall–Kier alpha value is -1.96. The second kappa shape index (κ2) is 6.70. The van der Waals surface area contributed by atoms with Crippen LogP contribution in [-0.2, 0) is 11.3 Å². The molecule has 0 radical (unpaired) electrons. The molecule has 1 heterocycles. The van der Waals surface area contributed by atoms with Crippen LogP contribution in [0.15, 0.2) is 12.3 Å². The van der Waals surface area contributed by atoms with E-state index in [4.69, 9.17) is 5.11 Å². The van der Waals surface area contributed by atoms with Gasteiger partial charge in [-0.1, -0.05) is 6.92 Å². The van der Waals surface area contributed by atoms with Crippen LogP contribution in [0.3, 0.4) is 0 Å². The van der Waals surface area contributed by atoms with E-state index in [1.54, 1.807) is 0 Å². The Balaban J connectivity index is 2.63. The molecule has 0 atom stereocenters. The number of aliphatic hydroxyl groups is 1. The van der Waals surface area contributed by atoms with Crippen molar-refractivity contribution in [3.05, 3.63) is 22.4 Å². The SMILES string of the molecule is CCCN(CCO)C(=O)Cn1ccc([N+](=O)[O-])n1. The lowest BCUT2D eigenvalue weighted by molar-refractivity contribution is -0.389. The van der Waals surface area contributed by atoms with Crippen molar-refractivity contribution in [1.82, 2.24) is 14.7 Å². The maximum absolute atomic E-state index is 11.9. The molecule has 8 heteroatoms. The smallest absolute Gasteiger partial charge is 0.389 e. The Kier molecular flexibility index (Phi) is 5.25. The molecule has 0 fully saturated rings. The molecule has 0 bridgehead atoms. The van der Waals surface area contributed by atoms with Crippen LogP contribution in [0.1, 0.15) is 13.3 Å². The molecule has 0 aliphatic rings. The summed E-state index contributed by atoms with van der Waals surface area (Å²) in [6.07, 6.45) is 2.17. The molecule has 1 rings (SSSR count). The first-order valence-corrected chi connectivity index (χ1v) is 5.65. The fraction of sp³-hybridized carbons (Fsp3) is 0.600. The van der Waals surface area contributed by atoms with E-state index in [2.05, 4.69) is 5.10 Å². The quantitative estimate of drug-likeness (QED) is 0.547. The molecule has 1 aromatic rings. The summed E-state index contributed by atoms with van der Waals surface area (Å²) in [5, 5.41) is 22.9. The van der Waals surface area contributed by atoms with Crippen LogP contribution in [0, 0.1) is 10.1 Å². The van der Waals surface area contributed by atoms with E-state index < -0.39 is 4.92 Å². The number of hydrogen-bond acceptors (Lipinski definition) is 5. The predicted molar refractivity (Wildman–Crippen MR) is 62.8 cm³/mol. The van der Waals surface area contributed by atoms with Gasteiger partial charge in [0.25, 0.3) is 0 Å². The van der Waals surface area contributed by atoms with Gasteiger partial charge < -0.3 is 20.1 Å². The first-order chi connectivity index (χ1) is 8.58. The zero-order chi connectivity index (χ0) is 13.5. The molecule has 1 amide bonds. The van der Waals surface area contributed by atoms with Crippen molar-refractivity contribution in [3.63, 3.8) is 0 Å². The van der Waals surface area contributed by atoms with Crippen LogP contribution < -0.4 is 0 Å². The highest BCUT2D eigenvalue weighted by Crippen LogP contribution is 2.05. The third-order valence-corrected chi connectivity index (χ3v) is 2.33. The van der Waals surface area contributed by atoms with E-state index in [0.717, 1.165) is 6.42 Å². The molecular weight excluding hydrogens is 240 g/mol. The average Bonchev–Trinajstić information content (AvgIpc) is 2.77. The molecule has 100 valence electrons. The summed E-state index contributed by atoms with van der Waals surface area (Å²) in [4.78, 5) is 23.2. The number of nitro groups is 1. The monoisotopic (exact) mass is 256 g/mol. The third kappa shape index (κ3) is 3.81. The summed E-state index contributed by atoms with van der Waals surface area (Å²) in [7, 11) is 0. The molecule has 8 nitrogen and oxygen atoms in total. The summed E-state index contributed by atoms with van der Waals surface area (Å²) in [5.74, 6) is -0.504. The second-order valence-corrected chi connectivity index (χ2v) is 3.73. The van der Waals surface area contributed by atoms with Crippen molar-refractivity contribution < 1.29 is 14.8 Å². The average molecular weight is 256 g/mol. The van der Waals surface area contributed by atoms with E-state index in [9.17, 15) is 14.9 Å². The van der Waals surface area contributed by atoms with Gasteiger partial charge in [-0.05, 0) is 11.3 Å². The van der Waals surface area contributed by atoms with Gasteiger partial charge in [-0.15, -0.1) is 0 Å². The number of rotatable bonds is 7. The minimum absolute atomic E-state index is 0.0617. The fourth-order valence-electron chi connectivity index (χ4n) is 1.53. The second-order valence-electron chi connectivity index (χ2n) is 3.73. The van der Waals surface area contributed by atoms with Gasteiger partial charge in [0, 0.05) is 13.1 Å². The van der Waals surface area contributed by atoms with Gasteiger partial charge in [0.05, 0.1) is 24.0 Å². The van der Waals surface area contributed by atoms with Gasteiger partial charge in [-0.25, -0.2) is 0 Å². The zero-order valence-electron chi connectivity index (χ0n) is 10.2. The highest BCUT2D eigenvalue weighted by Gasteiger charge is 2.17. The summed E-state index contributed by atoms with van der Waals surface area (Å²) in [6, 6.07) is 1.24. The van der Waals surface area contributed by atoms with Gasteiger partial charge in [-0.2, -0.15) is 4.68 Å². The molecule has 0 aliphatic heterocycles. The Morgan fingerprint density at radius 1 is 1.61 bits per heavy atom. The number of aromatic nitrogens is 2. The maximum atomic E-state index is 11.9. The Bertz CT molecular complexity index is 412. The van der Waals surface area contributed by atoms with Crippen molar-refractivity contribution in [2.24, 2.45) is 0 Å². The van der Waals surface area contributed by atoms with Crippen LogP contribution in [0.5, 0.6) is 0 Å². The van der Waals surface area contributed by atoms with Gasteiger partial charge in [0.1, 0.15) is 6.54 Å². The van der Waals surface area contributed by atoms with E-state index in [0.29, 0.717) is 6.54 Å². The fourth-order valence-corrected chi connectivity index (χ4v) is 1.53. The highest BCUT2D eigenvalue weighted by molar-refractivity contribution is 5.75. The lowest BCUT2D eigenvalue weighted by Crippen LogP contribution is -2.36. The number of aliphatic hydroxyl groups excluding tert-OH is 1. The minimum atomic E-state index is -0.613. The molecule has 0 saturated heterocycles. The summed E-state index contributed by atoms with van der Waals surface area (Å²) in [5.41, 5.74) is 0. The molecule has 0 aromatic carbocycles. The van der Waals surface area contributed by atoms with Crippen LogP contribution in [-0.4, -0.2) is 50.3 Å². The minimum Gasteiger partial charge on any atom is -0.395 e. The van der Waals surface area contributed by atoms with Crippen molar-refractivity contribution in [2.45, 2.75) is 19.9 Å². The predicted octanol–water partition coefficient (Wildman–Crippen LogP) is 0.0222. The number of amides is 1. The van der Waals surface area contributed by atoms with Crippen molar-refractivity contribution in [1.29, 1.82) is 0 Å². The van der Waals surface area contributed by atoms with Gasteiger partial charge in [0.2, 0.25) is 5.91 Å². The van der Waals surface area contributed by atoms with E-state index in [1.165, 1.54) is 21.8 Å². The summed E-state index contributed by atoms with van der Waals surface area (Å²) in [6.45, 7) is 2.56. The maximum Gasteiger partial charge on any atom is 0.389 e. The summed E-state index contributed by atoms with van der Waals surface area (Å²) < 4.78 is 1.22. The largest absolute Gasteiger partial charge is 0.395 e. The molecule has 1 aromatic heterocycles. The molecule has 0 saturated carbocycles. The van der Waals surface area contributed by atoms with Gasteiger partial charge in [-0.3, -0.25) is 4.79 Å². The van der Waals surface area contributed by atoms with E-state index in [1.807, 2.05) is 6.92 Å². The van der Waals surface area contributed by atoms with E-state index in [-0.39, 0.29) is 31.4 Å². The van der Waals surface area contributed by atoms with Crippen LogP contribution in [0.4, 0.5) is 5.82 Å². The van der Waals surface area contributed by atoms with Crippen molar-refractivity contribution in [3.8, 4) is 0 Å². The van der Waals surface area contributed by atoms with E-state index >= 15 is 0 Å². The Morgan fingerprint density at radius 3 is 2.83 bits per heavy atom. The molecule has 1 N–H and O–H groups in total. The number of carbonyl (C=O) groups excluding carboxylic acids is 1. The topological polar surface area (TPSA) is 102 Å². The lowest BCUT2D eigenvalue weighted by Gasteiger charge is -2.20. The normalized spacial score (nSPS) is 10.3. The van der Waals surface area contributed by atoms with Crippen molar-refractivity contribution >= 4 is 11.7 Å². The third-order valence-electron chi connectivity index (χ3n) is 2.33. The van der Waals surface area contributed by atoms with Gasteiger partial charge in [0.15, 0.2) is 0 Å². The molecular formula is C10H16N4O4. The molecule has 0 aliphatic carbocycles. The number of nitrogens with zero attached hydrogens (tertiary/aromatic N) is 4. The van der Waals surface area contributed by atoms with Crippen LogP contribution >= 0.6 is 0 Å². The molecule has 18 heavy (non-hydrogen) atoms. The lowest BCUT2D eigenvalue weighted by atomic mass is 10.4. The highest BCUT2D eigenvalue weighted by atomic mass is 16.6. The van der Waals surface area contributed by atoms with Crippen LogP contribution in [0.25, 0.3) is 0 Å². The zero-order valence-corrected chi connectivity index (χ0v) is 10.2. The molecule has 0 unspecified atom stereocenters. The van der Waals surface area contributed by atoms with Gasteiger partial charge >= 0.3 is 5.82 Å². The summed E-state index contributed by atoms with van der Waals surface area (Å²) >= 11 is 0. The number of hydrogen-bond donors (Lipinski definition) is 1. The first-order valence-electron chi connectivity index (χ1n) is 5.65. The first kappa shape index (κ1) is 14.1. The Morgan fingerprint density at radius 2 is 2.33 bits per heavy atom. The Labute approximate surface area is 104 Å². The van der Waals surface area contributed by atoms with Crippen LogP contribution in [0.2, 0.25) is 0 Å². The number of carbonyl (C=O) groups is 1. The standard InChI is InChI=1S/C10H16N4O4/c1-2-4-12(6-7-15)10(16)8-13-5-3-9(11-13)14(17)18/h3,5,15H,2,4,6-8H2,1H3. The van der Waals surface area contributed by atoms with Crippen molar-refractivity contribution in [2.75, 3.05) is 19.7 Å².